The van der Waals surface area contributed by atoms with E-state index < -0.39 is 16.4 Å². The predicted octanol–water partition coefficient (Wildman–Crippen LogP) is 4.25. The molecular formula is C17H28O2Si2. The van der Waals surface area contributed by atoms with Crippen molar-refractivity contribution < 1.29 is 9.22 Å². The first-order valence-electron chi connectivity index (χ1n) is 7.80. The second-order valence-electron chi connectivity index (χ2n) is 5.96. The van der Waals surface area contributed by atoms with Gasteiger partial charge in [-0.2, -0.15) is 0 Å². The number of carbonyl (C=O) groups is 1. The van der Waals surface area contributed by atoms with Crippen molar-refractivity contribution in [1.29, 1.82) is 0 Å². The molecule has 0 bridgehead atoms. The zero-order chi connectivity index (χ0) is 15.9. The molecule has 1 aromatic rings. The summed E-state index contributed by atoms with van der Waals surface area (Å²) in [5, 5.41) is 1.21. The third kappa shape index (κ3) is 4.68. The van der Waals surface area contributed by atoms with Gasteiger partial charge in [-0.25, -0.2) is 0 Å². The van der Waals surface area contributed by atoms with Crippen molar-refractivity contribution >= 4 is 27.5 Å². The molecule has 0 fully saturated rings. The standard InChI is InChI=1S/C17H28O2Si2/c1-6-21(7-2,8-3)15-14-20(5,19-16(4)18)17-12-10-9-11-13-17/h6,9-13H,1,7-8,14-15H2,2-5H3. The van der Waals surface area contributed by atoms with Crippen molar-refractivity contribution in [3.8, 4) is 0 Å². The Balaban J connectivity index is 2.99. The van der Waals surface area contributed by atoms with Crippen LogP contribution < -0.4 is 5.19 Å². The Morgan fingerprint density at radius 3 is 2.19 bits per heavy atom. The lowest BCUT2D eigenvalue weighted by atomic mass is 10.4. The first-order valence-corrected chi connectivity index (χ1v) is 13.1. The van der Waals surface area contributed by atoms with Gasteiger partial charge in [0.05, 0.1) is 8.07 Å². The molecule has 1 unspecified atom stereocenters. The third-order valence-corrected chi connectivity index (χ3v) is 13.6. The van der Waals surface area contributed by atoms with E-state index in [9.17, 15) is 4.79 Å². The number of carbonyl (C=O) groups excluding carboxylic acids is 1. The van der Waals surface area contributed by atoms with Crippen molar-refractivity contribution in [1.82, 2.24) is 0 Å². The molecule has 4 heteroatoms. The summed E-state index contributed by atoms with van der Waals surface area (Å²) in [6.45, 7) is 12.3. The minimum absolute atomic E-state index is 0.160. The molecule has 0 saturated heterocycles. The van der Waals surface area contributed by atoms with Crippen LogP contribution in [0.4, 0.5) is 0 Å². The van der Waals surface area contributed by atoms with Gasteiger partial charge in [0, 0.05) is 6.92 Å². The average molecular weight is 321 g/mol. The minimum Gasteiger partial charge on any atom is -0.515 e. The summed E-state index contributed by atoms with van der Waals surface area (Å²) in [5.41, 5.74) is 2.22. The largest absolute Gasteiger partial charge is 0.515 e. The summed E-state index contributed by atoms with van der Waals surface area (Å²) < 4.78 is 5.84. The van der Waals surface area contributed by atoms with Crippen LogP contribution in [0.1, 0.15) is 20.8 Å². The number of hydrogen-bond acceptors (Lipinski definition) is 2. The fourth-order valence-corrected chi connectivity index (χ4v) is 10.8. The molecule has 116 valence electrons. The highest BCUT2D eigenvalue weighted by Gasteiger charge is 2.37. The normalized spacial score (nSPS) is 14.3. The van der Waals surface area contributed by atoms with Crippen LogP contribution in [0.25, 0.3) is 0 Å². The molecule has 21 heavy (non-hydrogen) atoms. The summed E-state index contributed by atoms with van der Waals surface area (Å²) in [5.74, 6) is -0.160. The van der Waals surface area contributed by atoms with E-state index in [0.29, 0.717) is 0 Å². The Morgan fingerprint density at radius 1 is 1.19 bits per heavy atom. The number of rotatable bonds is 8. The second-order valence-corrected chi connectivity index (χ2v) is 14.8. The molecule has 0 spiro atoms. The summed E-state index contributed by atoms with van der Waals surface area (Å²) in [7, 11) is -3.61. The minimum atomic E-state index is -2.21. The quantitative estimate of drug-likeness (QED) is 0.669. The molecule has 0 amide bonds. The van der Waals surface area contributed by atoms with E-state index in [0.717, 1.165) is 12.1 Å². The highest BCUT2D eigenvalue weighted by atomic mass is 28.4. The molecule has 0 aliphatic rings. The molecule has 0 radical (unpaired) electrons. The maximum atomic E-state index is 11.6. The molecule has 0 aliphatic carbocycles. The van der Waals surface area contributed by atoms with Crippen LogP contribution in [0.2, 0.25) is 30.7 Å². The van der Waals surface area contributed by atoms with Crippen LogP contribution in [-0.4, -0.2) is 22.4 Å². The highest BCUT2D eigenvalue weighted by molar-refractivity contribution is 6.90. The molecule has 0 N–H and O–H groups in total. The van der Waals surface area contributed by atoms with Crippen LogP contribution >= 0.6 is 0 Å². The van der Waals surface area contributed by atoms with E-state index in [1.807, 2.05) is 18.2 Å². The van der Waals surface area contributed by atoms with Crippen LogP contribution in [-0.2, 0) is 9.22 Å². The monoisotopic (exact) mass is 320 g/mol. The fourth-order valence-electron chi connectivity index (χ4n) is 2.84. The lowest BCUT2D eigenvalue weighted by Gasteiger charge is -2.32. The average Bonchev–Trinajstić information content (AvgIpc) is 2.49. The molecular weight excluding hydrogens is 292 g/mol. The molecule has 1 rings (SSSR count). The topological polar surface area (TPSA) is 26.3 Å². The molecule has 0 heterocycles. The lowest BCUT2D eigenvalue weighted by Crippen LogP contribution is -2.50. The van der Waals surface area contributed by atoms with Crippen LogP contribution in [0.3, 0.4) is 0 Å². The third-order valence-electron chi connectivity index (χ3n) is 4.69. The molecule has 2 nitrogen and oxygen atoms in total. The maximum absolute atomic E-state index is 11.6. The lowest BCUT2D eigenvalue weighted by molar-refractivity contribution is -0.132. The summed E-state index contributed by atoms with van der Waals surface area (Å²) >= 11 is 0. The SMILES string of the molecule is C=C[Si](CC)(CC)CC[Si](C)(OC(C)=O)c1ccccc1. The van der Waals surface area contributed by atoms with Crippen LogP contribution in [0.15, 0.2) is 42.6 Å². The predicted molar refractivity (Wildman–Crippen MR) is 96.0 cm³/mol. The van der Waals surface area contributed by atoms with Crippen molar-refractivity contribution in [3.63, 3.8) is 0 Å². The van der Waals surface area contributed by atoms with E-state index in [1.165, 1.54) is 24.2 Å². The molecule has 0 aromatic heterocycles. The summed E-state index contributed by atoms with van der Waals surface area (Å²) in [4.78, 5) is 11.6. The molecule has 0 aliphatic heterocycles. The van der Waals surface area contributed by atoms with Crippen molar-refractivity contribution in [2.45, 2.75) is 51.5 Å². The van der Waals surface area contributed by atoms with E-state index in [2.05, 4.69) is 44.8 Å². The van der Waals surface area contributed by atoms with Crippen LogP contribution in [0.5, 0.6) is 0 Å². The van der Waals surface area contributed by atoms with Crippen molar-refractivity contribution in [2.75, 3.05) is 0 Å². The first-order chi connectivity index (χ1) is 9.91. The summed E-state index contributed by atoms with van der Waals surface area (Å²) in [6.07, 6.45) is 0. The Morgan fingerprint density at radius 2 is 1.76 bits per heavy atom. The van der Waals surface area contributed by atoms with E-state index in [1.54, 1.807) is 0 Å². The Bertz CT molecular complexity index is 469. The van der Waals surface area contributed by atoms with Gasteiger partial charge in [0.2, 0.25) is 0 Å². The van der Waals surface area contributed by atoms with Crippen LogP contribution in [0, 0.1) is 0 Å². The van der Waals surface area contributed by atoms with E-state index >= 15 is 0 Å². The zero-order valence-electron chi connectivity index (χ0n) is 13.8. The van der Waals surface area contributed by atoms with Gasteiger partial charge >= 0.3 is 0 Å². The van der Waals surface area contributed by atoms with Gasteiger partial charge in [0.1, 0.15) is 0 Å². The smallest absolute Gasteiger partial charge is 0.289 e. The summed E-state index contributed by atoms with van der Waals surface area (Å²) in [6, 6.07) is 14.9. The van der Waals surface area contributed by atoms with E-state index in [4.69, 9.17) is 4.43 Å². The van der Waals surface area contributed by atoms with Crippen molar-refractivity contribution in [3.05, 3.63) is 42.6 Å². The van der Waals surface area contributed by atoms with Gasteiger partial charge in [0.15, 0.2) is 0 Å². The highest BCUT2D eigenvalue weighted by Crippen LogP contribution is 2.28. The Kier molecular flexibility index (Phi) is 6.61. The molecule has 1 aromatic carbocycles. The van der Waals surface area contributed by atoms with Crippen molar-refractivity contribution in [2.24, 2.45) is 0 Å². The zero-order valence-corrected chi connectivity index (χ0v) is 15.8. The van der Waals surface area contributed by atoms with Gasteiger partial charge in [-0.15, -0.1) is 12.3 Å². The second kappa shape index (κ2) is 7.75. The maximum Gasteiger partial charge on any atom is 0.289 e. The van der Waals surface area contributed by atoms with Gasteiger partial charge in [0.25, 0.3) is 14.3 Å². The molecule has 1 atom stereocenters. The fraction of sp³-hybridized carbons (Fsp3) is 0.471. The number of hydrogen-bond donors (Lipinski definition) is 0. The van der Waals surface area contributed by atoms with Gasteiger partial charge in [-0.1, -0.05) is 62.3 Å². The van der Waals surface area contributed by atoms with Gasteiger partial charge in [-0.3, -0.25) is 4.79 Å². The van der Waals surface area contributed by atoms with E-state index in [-0.39, 0.29) is 5.97 Å². The Hall–Kier alpha value is -1.14. The van der Waals surface area contributed by atoms with Gasteiger partial charge < -0.3 is 4.43 Å². The number of benzene rings is 1. The molecule has 0 saturated carbocycles. The first kappa shape index (κ1) is 17.9. The Labute approximate surface area is 131 Å². The van der Waals surface area contributed by atoms with Gasteiger partial charge in [-0.05, 0) is 17.8 Å².